The van der Waals surface area contributed by atoms with E-state index in [2.05, 4.69) is 20.6 Å². The minimum absolute atomic E-state index is 0.0341. The summed E-state index contributed by atoms with van der Waals surface area (Å²) < 4.78 is 38.7. The highest BCUT2D eigenvalue weighted by Crippen LogP contribution is 2.27. The van der Waals surface area contributed by atoms with Gasteiger partial charge in [-0.3, -0.25) is 0 Å². The number of nitrogens with zero attached hydrogens (tertiary/aromatic N) is 4. The number of halogens is 3. The Kier molecular flexibility index (Phi) is 4.07. The molecule has 1 atom stereocenters. The van der Waals surface area contributed by atoms with E-state index in [0.29, 0.717) is 29.7 Å². The fraction of sp³-hybridized carbons (Fsp3) is 0.545. The van der Waals surface area contributed by atoms with Gasteiger partial charge >= 0.3 is 6.18 Å². The first-order valence-corrected chi connectivity index (χ1v) is 6.09. The molecule has 6 nitrogen and oxygen atoms in total. The summed E-state index contributed by atoms with van der Waals surface area (Å²) in [5.41, 5.74) is 0.0341. The van der Waals surface area contributed by atoms with Crippen LogP contribution in [-0.2, 0) is 6.18 Å². The number of aromatic nitrogens is 4. The summed E-state index contributed by atoms with van der Waals surface area (Å²) >= 11 is 0. The van der Waals surface area contributed by atoms with E-state index in [0.717, 1.165) is 0 Å². The van der Waals surface area contributed by atoms with E-state index in [-0.39, 0.29) is 5.65 Å². The SMILES string of the molecule is CC(O)CCCNc1ccc2nnc(C(F)(F)F)n2n1. The van der Waals surface area contributed by atoms with Gasteiger partial charge in [-0.15, -0.1) is 15.3 Å². The van der Waals surface area contributed by atoms with Crippen LogP contribution in [0.3, 0.4) is 0 Å². The van der Waals surface area contributed by atoms with Crippen LogP contribution in [0.4, 0.5) is 19.0 Å². The predicted molar refractivity (Wildman–Crippen MR) is 65.2 cm³/mol. The average molecular weight is 289 g/mol. The molecule has 1 unspecified atom stereocenters. The standard InChI is InChI=1S/C11H14F3N5O/c1-7(20)3-2-6-15-8-4-5-9-16-17-10(11(12,13)14)19(9)18-8/h4-5,7,20H,2-3,6H2,1H3,(H,15,18). The van der Waals surface area contributed by atoms with Gasteiger partial charge in [0.1, 0.15) is 5.82 Å². The molecule has 0 saturated carbocycles. The highest BCUT2D eigenvalue weighted by Gasteiger charge is 2.37. The van der Waals surface area contributed by atoms with Gasteiger partial charge in [-0.25, -0.2) is 0 Å². The summed E-state index contributed by atoms with van der Waals surface area (Å²) in [6, 6.07) is 2.94. The molecule has 2 N–H and O–H groups in total. The second-order valence-corrected chi connectivity index (χ2v) is 4.43. The van der Waals surface area contributed by atoms with Crippen molar-refractivity contribution >= 4 is 11.5 Å². The summed E-state index contributed by atoms with van der Waals surface area (Å²) in [6.45, 7) is 2.18. The minimum atomic E-state index is -4.60. The number of hydrogen-bond acceptors (Lipinski definition) is 5. The lowest BCUT2D eigenvalue weighted by Gasteiger charge is -2.08. The van der Waals surface area contributed by atoms with Crippen LogP contribution in [0.2, 0.25) is 0 Å². The number of anilines is 1. The highest BCUT2D eigenvalue weighted by molar-refractivity contribution is 5.44. The van der Waals surface area contributed by atoms with Gasteiger partial charge < -0.3 is 10.4 Å². The van der Waals surface area contributed by atoms with Crippen LogP contribution in [0.1, 0.15) is 25.6 Å². The van der Waals surface area contributed by atoms with Crippen molar-refractivity contribution in [2.45, 2.75) is 32.0 Å². The van der Waals surface area contributed by atoms with Crippen LogP contribution in [0.15, 0.2) is 12.1 Å². The number of alkyl halides is 3. The van der Waals surface area contributed by atoms with Gasteiger partial charge in [0, 0.05) is 6.54 Å². The fourth-order valence-electron chi connectivity index (χ4n) is 1.67. The van der Waals surface area contributed by atoms with E-state index in [9.17, 15) is 13.2 Å². The summed E-state index contributed by atoms with van der Waals surface area (Å²) in [6.07, 6.45) is -3.71. The third kappa shape index (κ3) is 3.35. The van der Waals surface area contributed by atoms with Crippen molar-refractivity contribution in [3.63, 3.8) is 0 Å². The zero-order chi connectivity index (χ0) is 14.8. The molecule has 0 amide bonds. The third-order valence-corrected chi connectivity index (χ3v) is 2.62. The summed E-state index contributed by atoms with van der Waals surface area (Å²) in [5, 5.41) is 22.3. The lowest BCUT2D eigenvalue weighted by molar-refractivity contribution is -0.146. The van der Waals surface area contributed by atoms with Crippen molar-refractivity contribution in [1.29, 1.82) is 0 Å². The van der Waals surface area contributed by atoms with Gasteiger partial charge in [-0.2, -0.15) is 17.7 Å². The van der Waals surface area contributed by atoms with Crippen molar-refractivity contribution in [2.24, 2.45) is 0 Å². The molecule has 9 heteroatoms. The molecular formula is C11H14F3N5O. The predicted octanol–water partition coefficient (Wildman–Crippen LogP) is 1.72. The van der Waals surface area contributed by atoms with Gasteiger partial charge in [0.05, 0.1) is 6.10 Å². The molecule has 20 heavy (non-hydrogen) atoms. The Morgan fingerprint density at radius 1 is 1.35 bits per heavy atom. The molecule has 0 bridgehead atoms. The van der Waals surface area contributed by atoms with Crippen LogP contribution in [0.25, 0.3) is 5.65 Å². The van der Waals surface area contributed by atoms with E-state index in [1.165, 1.54) is 12.1 Å². The normalized spacial score (nSPS) is 13.7. The first-order chi connectivity index (χ1) is 9.38. The maximum atomic E-state index is 12.7. The quantitative estimate of drug-likeness (QED) is 0.820. The maximum absolute atomic E-state index is 12.7. The molecule has 0 aromatic carbocycles. The van der Waals surface area contributed by atoms with Crippen LogP contribution in [0, 0.1) is 0 Å². The van der Waals surface area contributed by atoms with Crippen molar-refractivity contribution in [3.8, 4) is 0 Å². The molecule has 0 aliphatic heterocycles. The Hall–Kier alpha value is -1.90. The fourth-order valence-corrected chi connectivity index (χ4v) is 1.67. The Balaban J connectivity index is 2.12. The number of aliphatic hydroxyl groups is 1. The van der Waals surface area contributed by atoms with Gasteiger partial charge in [-0.1, -0.05) is 0 Å². The minimum Gasteiger partial charge on any atom is -0.393 e. The number of aliphatic hydroxyl groups excluding tert-OH is 1. The monoisotopic (exact) mass is 289 g/mol. The Labute approximate surface area is 112 Å². The number of nitrogens with one attached hydrogen (secondary N) is 1. The molecule has 0 fully saturated rings. The van der Waals surface area contributed by atoms with E-state index >= 15 is 0 Å². The lowest BCUT2D eigenvalue weighted by atomic mass is 10.2. The molecule has 0 saturated heterocycles. The highest BCUT2D eigenvalue weighted by atomic mass is 19.4. The Morgan fingerprint density at radius 2 is 2.10 bits per heavy atom. The molecule has 0 radical (unpaired) electrons. The summed E-state index contributed by atoms with van der Waals surface area (Å²) in [5.74, 6) is -0.853. The van der Waals surface area contributed by atoms with Crippen molar-refractivity contribution in [3.05, 3.63) is 18.0 Å². The number of rotatable bonds is 5. The Morgan fingerprint density at radius 3 is 2.75 bits per heavy atom. The van der Waals surface area contributed by atoms with E-state index in [1.54, 1.807) is 6.92 Å². The third-order valence-electron chi connectivity index (χ3n) is 2.62. The molecule has 2 aromatic heterocycles. The number of hydrogen-bond donors (Lipinski definition) is 2. The van der Waals surface area contributed by atoms with E-state index in [4.69, 9.17) is 5.11 Å². The van der Waals surface area contributed by atoms with Crippen molar-refractivity contribution in [1.82, 2.24) is 19.8 Å². The summed E-state index contributed by atoms with van der Waals surface area (Å²) in [4.78, 5) is 0. The van der Waals surface area contributed by atoms with E-state index < -0.39 is 18.1 Å². The molecule has 2 rings (SSSR count). The molecule has 2 heterocycles. The maximum Gasteiger partial charge on any atom is 0.453 e. The second-order valence-electron chi connectivity index (χ2n) is 4.43. The molecule has 0 spiro atoms. The van der Waals surface area contributed by atoms with Crippen LogP contribution >= 0.6 is 0 Å². The Bertz CT molecular complexity index is 581. The van der Waals surface area contributed by atoms with Crippen molar-refractivity contribution < 1.29 is 18.3 Å². The first-order valence-electron chi connectivity index (χ1n) is 6.09. The van der Waals surface area contributed by atoms with Crippen molar-refractivity contribution in [2.75, 3.05) is 11.9 Å². The van der Waals surface area contributed by atoms with Gasteiger partial charge in [-0.05, 0) is 31.9 Å². The average Bonchev–Trinajstić information content (AvgIpc) is 2.77. The molecule has 0 aliphatic rings. The van der Waals surface area contributed by atoms with Crippen LogP contribution in [0.5, 0.6) is 0 Å². The molecular weight excluding hydrogens is 275 g/mol. The van der Waals surface area contributed by atoms with Gasteiger partial charge in [0.15, 0.2) is 5.65 Å². The molecule has 0 aliphatic carbocycles. The summed E-state index contributed by atoms with van der Waals surface area (Å²) in [7, 11) is 0. The van der Waals surface area contributed by atoms with Crippen LogP contribution in [-0.4, -0.2) is 37.6 Å². The second kappa shape index (κ2) is 5.61. The first kappa shape index (κ1) is 14.5. The van der Waals surface area contributed by atoms with Crippen LogP contribution < -0.4 is 5.32 Å². The van der Waals surface area contributed by atoms with Gasteiger partial charge in [0.2, 0.25) is 0 Å². The zero-order valence-electron chi connectivity index (χ0n) is 10.7. The number of fused-ring (bicyclic) bond motifs is 1. The van der Waals surface area contributed by atoms with E-state index in [1.807, 2.05) is 0 Å². The lowest BCUT2D eigenvalue weighted by Crippen LogP contribution is -2.14. The zero-order valence-corrected chi connectivity index (χ0v) is 10.7. The largest absolute Gasteiger partial charge is 0.453 e. The molecule has 110 valence electrons. The molecule has 2 aromatic rings. The topological polar surface area (TPSA) is 75.3 Å². The van der Waals surface area contributed by atoms with Gasteiger partial charge in [0.25, 0.3) is 5.82 Å². The smallest absolute Gasteiger partial charge is 0.393 e.